The van der Waals surface area contributed by atoms with Gasteiger partial charge in [-0.15, -0.1) is 0 Å². The van der Waals surface area contributed by atoms with Crippen LogP contribution in [0, 0.1) is 23.7 Å². The minimum Gasteiger partial charge on any atom is -0.468 e. The first-order chi connectivity index (χ1) is 27.8. The molecule has 2 aliphatic rings. The van der Waals surface area contributed by atoms with Gasteiger partial charge in [0.15, 0.2) is 11.2 Å². The van der Waals surface area contributed by atoms with Gasteiger partial charge in [-0.25, -0.2) is 9.97 Å². The quantitative estimate of drug-likeness (QED) is 0.0869. The number of esters is 1. The Hall–Kier alpha value is -5.98. The van der Waals surface area contributed by atoms with Gasteiger partial charge < -0.3 is 23.0 Å². The molecule has 2 saturated heterocycles. The van der Waals surface area contributed by atoms with Crippen LogP contribution in [-0.4, -0.2) is 71.7 Å². The van der Waals surface area contributed by atoms with E-state index >= 15 is 0 Å². The highest BCUT2D eigenvalue weighted by molar-refractivity contribution is 5.87. The molecular formula is C43H39F4N5O6. The Bertz CT molecular complexity index is 2570. The van der Waals surface area contributed by atoms with E-state index in [2.05, 4.69) is 24.8 Å². The number of aromatic nitrogens is 2. The molecule has 2 aliphatic heterocycles. The van der Waals surface area contributed by atoms with Crippen LogP contribution in [0.1, 0.15) is 48.9 Å². The van der Waals surface area contributed by atoms with E-state index in [1.807, 2.05) is 17.9 Å². The number of ether oxygens (including phenoxy) is 3. The first-order valence-corrected chi connectivity index (χ1v) is 18.8. The second-order valence-corrected chi connectivity index (χ2v) is 15.4. The molecule has 6 aromatic rings. The zero-order valence-electron chi connectivity index (χ0n) is 32.2. The molecule has 58 heavy (non-hydrogen) atoms. The summed E-state index contributed by atoms with van der Waals surface area (Å²) in [5.74, 6) is -0.120. The van der Waals surface area contributed by atoms with Gasteiger partial charge in [-0.2, -0.15) is 22.8 Å². The molecule has 0 amide bonds. The third-order valence-corrected chi connectivity index (χ3v) is 10.7. The van der Waals surface area contributed by atoms with E-state index in [1.54, 1.807) is 42.5 Å². The molecule has 0 unspecified atom stereocenters. The van der Waals surface area contributed by atoms with Gasteiger partial charge in [0.05, 0.1) is 18.2 Å². The monoisotopic (exact) mass is 797 g/mol. The second kappa shape index (κ2) is 15.4. The molecule has 4 heterocycles. The summed E-state index contributed by atoms with van der Waals surface area (Å²) in [6.07, 6.45) is 1.34. The van der Waals surface area contributed by atoms with Crippen molar-refractivity contribution in [1.29, 1.82) is 5.26 Å². The number of likely N-dealkylation sites (tertiary alicyclic amines) is 2. The number of carbonyl (C=O) groups is 1. The number of hydrogen-bond donors (Lipinski definition) is 0. The topological polar surface area (TPSA) is 127 Å². The summed E-state index contributed by atoms with van der Waals surface area (Å²) >= 11 is 0. The number of nitriles is 1. The number of oxazole rings is 2. The number of hydrogen-bond acceptors (Lipinski definition) is 11. The van der Waals surface area contributed by atoms with Gasteiger partial charge in [0.25, 0.3) is 0 Å². The van der Waals surface area contributed by atoms with Crippen molar-refractivity contribution in [3.05, 3.63) is 82.9 Å². The normalized spacial score (nSPS) is 16.9. The van der Waals surface area contributed by atoms with Crippen molar-refractivity contribution in [3.8, 4) is 51.6 Å². The van der Waals surface area contributed by atoms with Crippen molar-refractivity contribution in [2.24, 2.45) is 5.41 Å². The van der Waals surface area contributed by atoms with Gasteiger partial charge in [-0.3, -0.25) is 14.6 Å². The Balaban J connectivity index is 1.14. The van der Waals surface area contributed by atoms with E-state index in [9.17, 15) is 27.6 Å². The number of alkyl halides is 4. The van der Waals surface area contributed by atoms with Crippen molar-refractivity contribution < 1.29 is 45.4 Å². The highest BCUT2D eigenvalue weighted by atomic mass is 19.3. The molecule has 11 nitrogen and oxygen atoms in total. The van der Waals surface area contributed by atoms with Gasteiger partial charge in [-0.1, -0.05) is 38.1 Å². The highest BCUT2D eigenvalue weighted by Crippen LogP contribution is 2.40. The van der Waals surface area contributed by atoms with Crippen molar-refractivity contribution in [3.63, 3.8) is 0 Å². The number of benzene rings is 4. The molecule has 0 N–H and O–H groups in total. The lowest BCUT2D eigenvalue weighted by molar-refractivity contribution is -0.146. The zero-order valence-corrected chi connectivity index (χ0v) is 32.2. The van der Waals surface area contributed by atoms with Crippen LogP contribution in [0.15, 0.2) is 69.5 Å². The number of carbonyl (C=O) groups excluding carboxylic acids is 1. The number of methoxy groups -OCH3 is 1. The van der Waals surface area contributed by atoms with Crippen LogP contribution in [0.4, 0.5) is 17.6 Å². The Kier molecular flexibility index (Phi) is 10.3. The van der Waals surface area contributed by atoms with E-state index in [0.717, 1.165) is 25.1 Å². The minimum absolute atomic E-state index is 0.00332. The molecule has 0 spiro atoms. The Morgan fingerprint density at radius 3 is 1.98 bits per heavy atom. The first-order valence-electron chi connectivity index (χ1n) is 18.8. The number of fused-ring (bicyclic) bond motifs is 2. The molecule has 0 bridgehead atoms. The molecular weight excluding hydrogens is 758 g/mol. The number of nitrogens with zero attached hydrogens (tertiary/aromatic N) is 5. The summed E-state index contributed by atoms with van der Waals surface area (Å²) in [5, 5.41) is 10.6. The molecule has 0 aliphatic carbocycles. The zero-order chi connectivity index (χ0) is 40.9. The highest BCUT2D eigenvalue weighted by Gasteiger charge is 2.35. The molecule has 2 fully saturated rings. The largest absolute Gasteiger partial charge is 0.468 e. The fourth-order valence-electron chi connectivity index (χ4n) is 8.27. The van der Waals surface area contributed by atoms with Crippen LogP contribution in [0.2, 0.25) is 0 Å². The summed E-state index contributed by atoms with van der Waals surface area (Å²) in [6, 6.07) is 18.6. The molecule has 0 radical (unpaired) electrons. The third-order valence-electron chi connectivity index (χ3n) is 10.7. The number of halogens is 4. The second-order valence-electron chi connectivity index (χ2n) is 15.4. The molecule has 8 rings (SSSR count). The maximum atomic E-state index is 13.6. The van der Waals surface area contributed by atoms with Crippen LogP contribution < -0.4 is 9.47 Å². The lowest BCUT2D eigenvalue weighted by atomic mass is 9.84. The predicted molar refractivity (Wildman–Crippen MR) is 205 cm³/mol. The predicted octanol–water partition coefficient (Wildman–Crippen LogP) is 9.33. The van der Waals surface area contributed by atoms with E-state index in [-0.39, 0.29) is 57.9 Å². The standard InChI is InChI=1S/C43H39F4N5O6/c1-23-26(8-5-9-27(23)38-49-32-15-25(35(58-42(46)47)17-36(32)55-38)20-52-13-7-12-33(52)40(53)54-4)28-10-6-11-29(30(28)18-48)39-50-31-14-24(19-51-21-43(2,3)22-51)34(57-41(44)45)16-37(31)56-39/h5-6,8-11,14-17,33,41-42H,7,12-13,19-22H2,1-4H3/t33-/m0/s1. The SMILES string of the molecule is COC(=O)[C@@H]1CCCN1Cc1cc2nc(-c3cccc(-c4cccc(-c5nc6cc(CN7CC(C)(C)C7)c(OC(F)F)cc6o5)c4C#N)c3C)oc2cc1OC(F)F. The summed E-state index contributed by atoms with van der Waals surface area (Å²) in [6.45, 7) is 2.78. The third kappa shape index (κ3) is 7.57. The average Bonchev–Trinajstić information content (AvgIpc) is 3.92. The van der Waals surface area contributed by atoms with Crippen molar-refractivity contribution in [2.45, 2.75) is 66.0 Å². The van der Waals surface area contributed by atoms with E-state index in [0.29, 0.717) is 63.9 Å². The van der Waals surface area contributed by atoms with Gasteiger partial charge in [-0.05, 0) is 67.1 Å². The van der Waals surface area contributed by atoms with Crippen LogP contribution in [0.25, 0.3) is 56.2 Å². The maximum absolute atomic E-state index is 13.6. The smallest absolute Gasteiger partial charge is 0.387 e. The summed E-state index contributed by atoms with van der Waals surface area (Å²) in [7, 11) is 1.32. The summed E-state index contributed by atoms with van der Waals surface area (Å²) < 4.78 is 81.1. The van der Waals surface area contributed by atoms with Crippen molar-refractivity contribution in [1.82, 2.24) is 19.8 Å². The van der Waals surface area contributed by atoms with Gasteiger partial charge in [0.2, 0.25) is 11.8 Å². The van der Waals surface area contributed by atoms with Crippen LogP contribution in [0.5, 0.6) is 11.5 Å². The number of rotatable bonds is 12. The molecule has 1 atom stereocenters. The average molecular weight is 798 g/mol. The van der Waals surface area contributed by atoms with Crippen molar-refractivity contribution >= 4 is 28.2 Å². The van der Waals surface area contributed by atoms with Crippen LogP contribution in [-0.2, 0) is 22.6 Å². The van der Waals surface area contributed by atoms with Crippen molar-refractivity contribution in [2.75, 3.05) is 26.7 Å². The Morgan fingerprint density at radius 1 is 0.862 bits per heavy atom. The van der Waals surface area contributed by atoms with Crippen LogP contribution in [0.3, 0.4) is 0 Å². The fraction of sp³-hybridized carbons (Fsp3) is 0.349. The van der Waals surface area contributed by atoms with E-state index in [4.69, 9.17) is 33.0 Å². The van der Waals surface area contributed by atoms with Gasteiger partial charge >= 0.3 is 19.2 Å². The lowest BCUT2D eigenvalue weighted by Crippen LogP contribution is -2.52. The van der Waals surface area contributed by atoms with E-state index in [1.165, 1.54) is 19.2 Å². The van der Waals surface area contributed by atoms with Gasteiger partial charge in [0, 0.05) is 60.6 Å². The molecule has 4 aromatic carbocycles. The Morgan fingerprint density at radius 2 is 1.41 bits per heavy atom. The molecule has 300 valence electrons. The van der Waals surface area contributed by atoms with E-state index < -0.39 is 19.3 Å². The Labute approximate surface area is 330 Å². The summed E-state index contributed by atoms with van der Waals surface area (Å²) in [5.41, 5.74) is 5.64. The maximum Gasteiger partial charge on any atom is 0.387 e. The first kappa shape index (κ1) is 38.9. The van der Waals surface area contributed by atoms with Crippen LogP contribution >= 0.6 is 0 Å². The lowest BCUT2D eigenvalue weighted by Gasteiger charge is -2.46. The molecule has 0 saturated carbocycles. The summed E-state index contributed by atoms with van der Waals surface area (Å²) in [4.78, 5) is 25.8. The van der Waals surface area contributed by atoms with Gasteiger partial charge in [0.1, 0.15) is 34.6 Å². The fourth-order valence-corrected chi connectivity index (χ4v) is 8.27. The minimum atomic E-state index is -3.09. The molecule has 2 aromatic heterocycles. The molecule has 15 heteroatoms.